The minimum atomic E-state index is -0.515. The second-order valence-corrected chi connectivity index (χ2v) is 19.7. The molecule has 0 aliphatic carbocycles. The van der Waals surface area contributed by atoms with Gasteiger partial charge in [-0.2, -0.15) is 0 Å². The molecule has 4 N–H and O–H groups in total. The highest BCUT2D eigenvalue weighted by molar-refractivity contribution is 14.1. The lowest BCUT2D eigenvalue weighted by atomic mass is 10.0. The monoisotopic (exact) mass is 1190 g/mol. The van der Waals surface area contributed by atoms with E-state index in [1.807, 2.05) is 73.9 Å². The molecule has 5 amide bonds. The van der Waals surface area contributed by atoms with Crippen molar-refractivity contribution in [2.45, 2.75) is 77.5 Å². The number of hydrogen-bond acceptors (Lipinski definition) is 16. The summed E-state index contributed by atoms with van der Waals surface area (Å²) >= 11 is 2.01. The summed E-state index contributed by atoms with van der Waals surface area (Å²) in [6.45, 7) is 12.6. The molecule has 0 aromatic heterocycles. The van der Waals surface area contributed by atoms with Crippen molar-refractivity contribution >= 4 is 75.9 Å². The Balaban J connectivity index is 0.860. The number of amides is 5. The average Bonchev–Trinajstić information content (AvgIpc) is 4.04. The molecule has 424 valence electrons. The van der Waals surface area contributed by atoms with Crippen LogP contribution in [-0.4, -0.2) is 180 Å². The van der Waals surface area contributed by atoms with Gasteiger partial charge in [0.1, 0.15) is 0 Å². The summed E-state index contributed by atoms with van der Waals surface area (Å²) in [6.07, 6.45) is 16.9. The Morgan fingerprint density at radius 3 is 1.73 bits per heavy atom. The first-order valence-electron chi connectivity index (χ1n) is 26.4. The van der Waals surface area contributed by atoms with Gasteiger partial charge >= 0.3 is 0 Å². The fourth-order valence-corrected chi connectivity index (χ4v) is 8.83. The lowest BCUT2D eigenvalue weighted by Gasteiger charge is -2.24. The van der Waals surface area contributed by atoms with E-state index >= 15 is 0 Å². The maximum atomic E-state index is 13.9. The van der Waals surface area contributed by atoms with Gasteiger partial charge in [-0.25, -0.2) is 0 Å². The van der Waals surface area contributed by atoms with Crippen LogP contribution in [-0.2, 0) is 33.3 Å². The number of alkyl halides is 1. The van der Waals surface area contributed by atoms with Crippen LogP contribution in [0.5, 0.6) is 23.0 Å². The van der Waals surface area contributed by atoms with Gasteiger partial charge in [-0.05, 0) is 55.9 Å². The maximum Gasteiger partial charge on any atom is 0.260 e. The number of nitrogens with zero attached hydrogens (tertiary/aromatic N) is 4. The first-order chi connectivity index (χ1) is 37.8. The molecule has 2 aromatic rings. The number of methoxy groups -OCH3 is 2. The van der Waals surface area contributed by atoms with Crippen LogP contribution in [0, 0.1) is 5.92 Å². The van der Waals surface area contributed by atoms with E-state index in [1.165, 1.54) is 14.2 Å². The molecular formula is C56H75IN8O13. The third kappa shape index (κ3) is 18.2. The van der Waals surface area contributed by atoms with Crippen LogP contribution in [0.25, 0.3) is 0 Å². The van der Waals surface area contributed by atoms with Crippen LogP contribution in [0.2, 0.25) is 0 Å². The number of rotatable bonds is 34. The Labute approximate surface area is 470 Å². The third-order valence-electron chi connectivity index (χ3n) is 12.9. The number of carbonyl (C=O) groups is 5. The fraction of sp³-hybridized carbons (Fsp3) is 0.518. The van der Waals surface area contributed by atoms with Crippen LogP contribution in [0.15, 0.2) is 82.1 Å². The second-order valence-electron chi connectivity index (χ2n) is 18.9. The molecule has 21 nitrogen and oxygen atoms in total. The topological polar surface area (TPSA) is 239 Å². The zero-order valence-corrected chi connectivity index (χ0v) is 47.7. The number of nitrogens with one attached hydrogen (secondary N) is 4. The van der Waals surface area contributed by atoms with Crippen molar-refractivity contribution in [2.24, 2.45) is 15.9 Å². The molecule has 4 aliphatic heterocycles. The molecule has 6 rings (SSSR count). The van der Waals surface area contributed by atoms with E-state index in [2.05, 4.69) is 26.3 Å². The van der Waals surface area contributed by atoms with Crippen LogP contribution >= 0.6 is 22.6 Å². The first kappa shape index (κ1) is 61.0. The molecule has 2 aromatic carbocycles. The Kier molecular flexibility index (Phi) is 25.1. The van der Waals surface area contributed by atoms with E-state index in [0.717, 1.165) is 11.1 Å². The number of carbonyl (C=O) groups excluding carboxylic acids is 5. The second kappa shape index (κ2) is 32.0. The molecular weight excluding hydrogens is 1120 g/mol. The van der Waals surface area contributed by atoms with Gasteiger partial charge in [-0.15, -0.1) is 0 Å². The lowest BCUT2D eigenvalue weighted by molar-refractivity contribution is -0.123. The van der Waals surface area contributed by atoms with Crippen molar-refractivity contribution in [3.8, 4) is 23.0 Å². The number of halogens is 1. The zero-order valence-electron chi connectivity index (χ0n) is 45.5. The summed E-state index contributed by atoms with van der Waals surface area (Å²) in [7, 11) is 3.05. The number of ether oxygens (including phenoxy) is 8. The molecule has 78 heavy (non-hydrogen) atoms. The van der Waals surface area contributed by atoms with Crippen molar-refractivity contribution in [3.63, 3.8) is 0 Å². The summed E-state index contributed by atoms with van der Waals surface area (Å²) in [5.74, 6) is 1.10. The third-order valence-corrected chi connectivity index (χ3v) is 13.6. The summed E-state index contributed by atoms with van der Waals surface area (Å²) < 4.78 is 45.9. The number of aliphatic imine (C=N–C) groups is 2. The first-order valence-corrected chi connectivity index (χ1v) is 27.9. The summed E-state index contributed by atoms with van der Waals surface area (Å²) in [5, 5.41) is 12.0. The number of hydrogen-bond donors (Lipinski definition) is 4. The number of benzene rings is 2. The predicted octanol–water partition coefficient (Wildman–Crippen LogP) is 5.56. The van der Waals surface area contributed by atoms with Gasteiger partial charge in [0.05, 0.1) is 125 Å². The van der Waals surface area contributed by atoms with Gasteiger partial charge < -0.3 is 69.0 Å². The van der Waals surface area contributed by atoms with Crippen LogP contribution in [0.3, 0.4) is 0 Å². The van der Waals surface area contributed by atoms with Crippen molar-refractivity contribution in [2.75, 3.05) is 104 Å². The minimum absolute atomic E-state index is 0.0146. The van der Waals surface area contributed by atoms with Crippen molar-refractivity contribution in [1.29, 1.82) is 0 Å². The molecule has 0 unspecified atom stereocenters. The molecule has 22 heteroatoms. The van der Waals surface area contributed by atoms with Gasteiger partial charge in [0.2, 0.25) is 17.7 Å². The lowest BCUT2D eigenvalue weighted by Crippen LogP contribution is -2.50. The quantitative estimate of drug-likeness (QED) is 0.0382. The summed E-state index contributed by atoms with van der Waals surface area (Å²) in [4.78, 5) is 77.0. The highest BCUT2D eigenvalue weighted by atomic mass is 127. The average molecular weight is 1200 g/mol. The maximum absolute atomic E-state index is 13.9. The Morgan fingerprint density at radius 2 is 1.22 bits per heavy atom. The van der Waals surface area contributed by atoms with Gasteiger partial charge in [0.15, 0.2) is 23.0 Å². The van der Waals surface area contributed by atoms with Gasteiger partial charge in [0, 0.05) is 75.5 Å². The molecule has 0 radical (unpaired) electrons. The van der Waals surface area contributed by atoms with E-state index in [9.17, 15) is 24.0 Å². The van der Waals surface area contributed by atoms with Gasteiger partial charge in [-0.1, -0.05) is 60.7 Å². The molecule has 0 spiro atoms. The molecule has 4 heterocycles. The summed E-state index contributed by atoms with van der Waals surface area (Å²) in [5.41, 5.74) is 3.76. The highest BCUT2D eigenvalue weighted by Gasteiger charge is 2.34. The Bertz CT molecular complexity index is 2570. The number of allylic oxidation sites excluding steroid dienone is 3. The highest BCUT2D eigenvalue weighted by Crippen LogP contribution is 2.40. The van der Waals surface area contributed by atoms with E-state index in [-0.39, 0.29) is 86.4 Å². The Morgan fingerprint density at radius 1 is 0.692 bits per heavy atom. The van der Waals surface area contributed by atoms with Crippen molar-refractivity contribution in [3.05, 3.63) is 83.2 Å². The minimum Gasteiger partial charge on any atom is -0.493 e. The SMILES string of the molecule is C/C=C/C1=CN2C(=O)c3cc(OC)c(OCCCOc4cc5c(cc4OC)C(=O)N4C=C(/C=C/CNC(=O)[C@H](C)NC[C@@H](NC(=O)CCOCCOCCOCCOCCNC(=O)CI)C(C)C)C[C@H]4C=N5)cc3N=C[C@@H]2C1. The molecule has 4 atom stereocenters. The molecule has 0 saturated carbocycles. The smallest absolute Gasteiger partial charge is 0.260 e. The van der Waals surface area contributed by atoms with E-state index in [0.29, 0.717) is 129 Å². The largest absolute Gasteiger partial charge is 0.493 e. The van der Waals surface area contributed by atoms with Gasteiger partial charge in [-0.3, -0.25) is 34.0 Å². The van der Waals surface area contributed by atoms with Crippen LogP contribution in [0.1, 0.15) is 74.1 Å². The van der Waals surface area contributed by atoms with Crippen molar-refractivity contribution < 1.29 is 61.9 Å². The van der Waals surface area contributed by atoms with Crippen LogP contribution in [0.4, 0.5) is 11.4 Å². The number of fused-ring (bicyclic) bond motifs is 4. The molecule has 4 aliphatic rings. The normalized spacial score (nSPS) is 17.2. The van der Waals surface area contributed by atoms with E-state index in [4.69, 9.17) is 42.9 Å². The standard InChI is InChI=1S/C56H75IN8O13/c1-7-10-39-25-41-32-61-45-29-50(48(71-5)27-43(45)55(69)64(41)35-39)77-15-9-16-78-51-30-46-44(28-49(51)72-6)56(70)65-36-40(26-42(65)33-62-46)11-8-13-59-54(68)38(4)60-34-47(37(2)3)63-52(66)12-17-73-19-21-75-23-24-76-22-20-74-18-14-58-53(67)31-57/h7-8,10-11,27-30,32-33,35-38,41-42,47,60H,9,12-26,31,34H2,1-6H3,(H,58,67)(H,59,68)(H,63,66)/b10-7+,11-8+/t38-,41-,42-,47+/m0/s1. The summed E-state index contributed by atoms with van der Waals surface area (Å²) in [6, 6.07) is 5.58. The predicted molar refractivity (Wildman–Crippen MR) is 304 cm³/mol. The van der Waals surface area contributed by atoms with E-state index in [1.54, 1.807) is 59.6 Å². The molecule has 0 saturated heterocycles. The molecule has 0 bridgehead atoms. The Hall–Kier alpha value is -6.18. The van der Waals surface area contributed by atoms with E-state index < -0.39 is 6.04 Å². The van der Waals surface area contributed by atoms with Gasteiger partial charge in [0.25, 0.3) is 11.8 Å². The fourth-order valence-electron chi connectivity index (χ4n) is 8.56. The molecule has 0 fully saturated rings. The van der Waals surface area contributed by atoms with Crippen molar-refractivity contribution in [1.82, 2.24) is 31.1 Å². The van der Waals surface area contributed by atoms with Crippen LogP contribution < -0.4 is 40.2 Å². The zero-order chi connectivity index (χ0) is 55.8.